The van der Waals surface area contributed by atoms with Crippen molar-refractivity contribution in [2.24, 2.45) is 0 Å². The number of nitrogens with zero attached hydrogens (tertiary/aromatic N) is 1. The molecule has 0 amide bonds. The summed E-state index contributed by atoms with van der Waals surface area (Å²) >= 11 is 0. The average molecular weight is 178 g/mol. The molecule has 0 bridgehead atoms. The first-order valence-electron chi connectivity index (χ1n) is 2.30. The molecular weight excluding hydrogens is 164 g/mol. The monoisotopic (exact) mass is 177 g/mol. The van der Waals surface area contributed by atoms with Crippen molar-refractivity contribution in [3.63, 3.8) is 0 Å². The molecule has 0 saturated heterocycles. The summed E-state index contributed by atoms with van der Waals surface area (Å²) in [5.74, 6) is 0. The molecule has 0 N–H and O–H groups in total. The van der Waals surface area contributed by atoms with Crippen molar-refractivity contribution in [2.75, 3.05) is 13.1 Å². The zero-order valence-corrected chi connectivity index (χ0v) is 8.04. The Bertz CT molecular complexity index is 33.2. The fourth-order valence-corrected chi connectivity index (χ4v) is 0.224. The third-order valence-corrected chi connectivity index (χ3v) is 1.54. The Hall–Kier alpha value is 0.970. The molecule has 0 saturated carbocycles. The molecule has 1 atom stereocenters. The van der Waals surface area contributed by atoms with Crippen molar-refractivity contribution in [1.29, 1.82) is 0 Å². The molecule has 0 heterocycles. The summed E-state index contributed by atoms with van der Waals surface area (Å²) in [6.45, 7) is 6.52. The molecule has 0 aromatic carbocycles. The van der Waals surface area contributed by atoms with E-state index in [1.807, 2.05) is 0 Å². The topological polar surface area (TPSA) is 3.24 Å². The maximum Gasteiger partial charge on any atom is -0.00124 e. The maximum absolute atomic E-state index is 2.64. The van der Waals surface area contributed by atoms with Gasteiger partial charge < -0.3 is 0 Å². The lowest BCUT2D eigenvalue weighted by Crippen LogP contribution is -2.07. The highest BCUT2D eigenvalue weighted by Crippen LogP contribution is 1.92. The van der Waals surface area contributed by atoms with E-state index in [1.54, 1.807) is 0 Å². The molecule has 0 rings (SSSR count). The Balaban J connectivity index is -0.000000125. The Labute approximate surface area is 66.3 Å². The summed E-state index contributed by atoms with van der Waals surface area (Å²) < 4.78 is 2.17. The molecule has 0 aromatic rings. The van der Waals surface area contributed by atoms with Crippen molar-refractivity contribution in [3.05, 3.63) is 0 Å². The summed E-state index contributed by atoms with van der Waals surface area (Å²) in [5.41, 5.74) is 0. The number of hydrogen-bond donors (Lipinski definition) is 0. The Kier molecular flexibility index (Phi) is 21.7. The Morgan fingerprint density at radius 3 is 1.38 bits per heavy atom. The highest BCUT2D eigenvalue weighted by Gasteiger charge is 1.81. The van der Waals surface area contributed by atoms with Gasteiger partial charge >= 0.3 is 0 Å². The van der Waals surface area contributed by atoms with Crippen molar-refractivity contribution >= 4 is 34.2 Å². The predicted molar refractivity (Wildman–Crippen MR) is 47.1 cm³/mol. The van der Waals surface area contributed by atoms with Crippen LogP contribution in [0.25, 0.3) is 0 Å². The normalized spacial score (nSPS) is 7.50. The van der Waals surface area contributed by atoms with E-state index in [0.717, 1.165) is 13.1 Å². The second-order valence-corrected chi connectivity index (χ2v) is 1.95. The van der Waals surface area contributed by atoms with E-state index in [4.69, 9.17) is 0 Å². The van der Waals surface area contributed by atoms with E-state index in [2.05, 4.69) is 27.9 Å². The third kappa shape index (κ3) is 10.1. The van der Waals surface area contributed by atoms with E-state index in [9.17, 15) is 0 Å². The maximum atomic E-state index is 2.64. The molecule has 4 heteroatoms. The van der Waals surface area contributed by atoms with Crippen molar-refractivity contribution < 1.29 is 0 Å². The molecule has 0 spiro atoms. The van der Waals surface area contributed by atoms with Crippen LogP contribution in [0.5, 0.6) is 0 Å². The fourth-order valence-electron chi connectivity index (χ4n) is 0.224. The molecular formula is C4H14Cl2NP. The Morgan fingerprint density at radius 1 is 1.12 bits per heavy atom. The van der Waals surface area contributed by atoms with Crippen molar-refractivity contribution in [3.8, 4) is 0 Å². The highest BCUT2D eigenvalue weighted by atomic mass is 35.5. The third-order valence-electron chi connectivity index (χ3n) is 0.812. The smallest absolute Gasteiger partial charge is 0.00124 e. The van der Waals surface area contributed by atoms with Crippen molar-refractivity contribution in [1.82, 2.24) is 4.67 Å². The van der Waals surface area contributed by atoms with Gasteiger partial charge in [-0.2, -0.15) is 0 Å². The van der Waals surface area contributed by atoms with Crippen LogP contribution in [0.1, 0.15) is 13.8 Å². The zero-order chi connectivity index (χ0) is 4.99. The SMILES string of the molecule is CCN(P)CC.Cl.Cl. The van der Waals surface area contributed by atoms with Crippen molar-refractivity contribution in [2.45, 2.75) is 13.8 Å². The summed E-state index contributed by atoms with van der Waals surface area (Å²) in [7, 11) is 2.64. The van der Waals surface area contributed by atoms with Crippen LogP contribution < -0.4 is 0 Å². The molecule has 0 aromatic heterocycles. The van der Waals surface area contributed by atoms with E-state index in [-0.39, 0.29) is 24.8 Å². The second kappa shape index (κ2) is 10.9. The van der Waals surface area contributed by atoms with Gasteiger partial charge in [0.2, 0.25) is 0 Å². The van der Waals surface area contributed by atoms with Crippen LogP contribution in [-0.4, -0.2) is 17.8 Å². The highest BCUT2D eigenvalue weighted by molar-refractivity contribution is 7.13. The largest absolute Gasteiger partial charge is 0.288 e. The first kappa shape index (κ1) is 16.0. The van der Waals surface area contributed by atoms with Crippen LogP contribution in [0.3, 0.4) is 0 Å². The first-order chi connectivity index (χ1) is 2.81. The van der Waals surface area contributed by atoms with Crippen LogP contribution in [0.15, 0.2) is 0 Å². The molecule has 8 heavy (non-hydrogen) atoms. The summed E-state index contributed by atoms with van der Waals surface area (Å²) in [4.78, 5) is 0. The van der Waals surface area contributed by atoms with Gasteiger partial charge in [-0.15, -0.1) is 24.8 Å². The summed E-state index contributed by atoms with van der Waals surface area (Å²) in [5, 5.41) is 0. The summed E-state index contributed by atoms with van der Waals surface area (Å²) in [6, 6.07) is 0. The lowest BCUT2D eigenvalue weighted by molar-refractivity contribution is 0.524. The predicted octanol–water partition coefficient (Wildman–Crippen LogP) is 1.96. The molecule has 0 aliphatic carbocycles. The first-order valence-corrected chi connectivity index (χ1v) is 2.82. The fraction of sp³-hybridized carbons (Fsp3) is 1.00. The number of hydrogen-bond acceptors (Lipinski definition) is 1. The number of halogens is 2. The number of rotatable bonds is 2. The minimum Gasteiger partial charge on any atom is -0.288 e. The van der Waals surface area contributed by atoms with Crippen LogP contribution >= 0.6 is 34.2 Å². The van der Waals surface area contributed by atoms with Gasteiger partial charge in [-0.1, -0.05) is 23.2 Å². The molecule has 1 nitrogen and oxygen atoms in total. The lowest BCUT2D eigenvalue weighted by Gasteiger charge is -2.06. The van der Waals surface area contributed by atoms with Crippen LogP contribution in [0, 0.1) is 0 Å². The second-order valence-electron chi connectivity index (χ2n) is 1.22. The Morgan fingerprint density at radius 2 is 1.38 bits per heavy atom. The van der Waals surface area contributed by atoms with Gasteiger partial charge in [0, 0.05) is 0 Å². The zero-order valence-electron chi connectivity index (χ0n) is 5.26. The lowest BCUT2D eigenvalue weighted by atomic mass is 10.7. The average Bonchev–Trinajstić information content (AvgIpc) is 1.65. The molecule has 0 fully saturated rings. The van der Waals surface area contributed by atoms with E-state index >= 15 is 0 Å². The molecule has 0 aliphatic heterocycles. The van der Waals surface area contributed by atoms with Gasteiger partial charge in [-0.3, -0.25) is 4.67 Å². The summed E-state index contributed by atoms with van der Waals surface area (Å²) in [6.07, 6.45) is 0. The van der Waals surface area contributed by atoms with Gasteiger partial charge in [0.25, 0.3) is 0 Å². The molecule has 0 aliphatic rings. The van der Waals surface area contributed by atoms with E-state index in [0.29, 0.717) is 0 Å². The molecule has 1 unspecified atom stereocenters. The van der Waals surface area contributed by atoms with Gasteiger partial charge in [-0.25, -0.2) is 0 Å². The minimum atomic E-state index is 0. The van der Waals surface area contributed by atoms with Gasteiger partial charge in [0.1, 0.15) is 0 Å². The van der Waals surface area contributed by atoms with Gasteiger partial charge in [0.05, 0.1) is 0 Å². The van der Waals surface area contributed by atoms with Crippen LogP contribution in [0.2, 0.25) is 0 Å². The van der Waals surface area contributed by atoms with E-state index in [1.165, 1.54) is 0 Å². The van der Waals surface area contributed by atoms with Gasteiger partial charge in [-0.05, 0) is 13.1 Å². The van der Waals surface area contributed by atoms with Crippen LogP contribution in [-0.2, 0) is 0 Å². The molecule has 54 valence electrons. The molecule has 0 radical (unpaired) electrons. The standard InChI is InChI=1S/C4H12NP.2ClH/c1-3-5(6)4-2;;/h3-4,6H2,1-2H3;2*1H. The quantitative estimate of drug-likeness (QED) is 0.584. The van der Waals surface area contributed by atoms with Gasteiger partial charge in [0.15, 0.2) is 0 Å². The minimum absolute atomic E-state index is 0. The van der Waals surface area contributed by atoms with Crippen LogP contribution in [0.4, 0.5) is 0 Å². The van der Waals surface area contributed by atoms with E-state index < -0.39 is 0 Å².